The van der Waals surface area contributed by atoms with Gasteiger partial charge in [0.1, 0.15) is 26.3 Å². The number of phosphoric ester groups is 1. The summed E-state index contributed by atoms with van der Waals surface area (Å²) < 4.78 is 33.1. The Kier molecular flexibility index (Phi) is 30.4. The largest absolute Gasteiger partial charge is 0.756 e. The molecule has 2 atom stereocenters. The molecule has 0 aliphatic rings. The van der Waals surface area contributed by atoms with Crippen molar-refractivity contribution in [2.24, 2.45) is 0 Å². The van der Waals surface area contributed by atoms with Crippen molar-refractivity contribution < 1.29 is 42.1 Å². The van der Waals surface area contributed by atoms with Gasteiger partial charge in [-0.2, -0.15) is 0 Å². The second-order valence-corrected chi connectivity index (χ2v) is 15.3. The number of likely N-dealkylation sites (N-methyl/N-ethyl adjacent to an activating group) is 1. The molecule has 0 bridgehead atoms. The number of nitrogens with zero attached hydrogens (tertiary/aromatic N) is 1. The maximum atomic E-state index is 12.8. The van der Waals surface area contributed by atoms with Crippen LogP contribution < -0.4 is 4.89 Å². The molecule has 0 radical (unpaired) electrons. The molecule has 0 spiro atoms. The van der Waals surface area contributed by atoms with Gasteiger partial charge in [0.15, 0.2) is 6.10 Å². The van der Waals surface area contributed by atoms with Crippen LogP contribution in [0.1, 0.15) is 175 Å². The molecule has 0 saturated heterocycles. The van der Waals surface area contributed by atoms with E-state index in [9.17, 15) is 19.0 Å². The molecule has 9 nitrogen and oxygen atoms in total. The van der Waals surface area contributed by atoms with Crippen molar-refractivity contribution in [3.05, 3.63) is 0 Å². The Morgan fingerprint density at radius 1 is 0.617 bits per heavy atom. The van der Waals surface area contributed by atoms with E-state index in [-0.39, 0.29) is 31.8 Å². The van der Waals surface area contributed by atoms with Gasteiger partial charge in [0.25, 0.3) is 7.82 Å². The van der Waals surface area contributed by atoms with Crippen molar-refractivity contribution >= 4 is 19.8 Å². The molecule has 280 valence electrons. The summed E-state index contributed by atoms with van der Waals surface area (Å²) in [5.41, 5.74) is 0. The first-order valence-electron chi connectivity index (χ1n) is 19.3. The van der Waals surface area contributed by atoms with Crippen LogP contribution in [0.4, 0.5) is 0 Å². The number of phosphoric acid groups is 1. The van der Waals surface area contributed by atoms with Crippen molar-refractivity contribution in [2.75, 3.05) is 47.0 Å². The fourth-order valence-electron chi connectivity index (χ4n) is 5.73. The smallest absolute Gasteiger partial charge is 0.306 e. The van der Waals surface area contributed by atoms with Crippen LogP contribution in [0, 0.1) is 0 Å². The minimum Gasteiger partial charge on any atom is -0.756 e. The molecule has 0 rings (SSSR count). The summed E-state index contributed by atoms with van der Waals surface area (Å²) in [5, 5.41) is 0. The summed E-state index contributed by atoms with van der Waals surface area (Å²) in [7, 11) is -0.534. The van der Waals surface area contributed by atoms with Crippen molar-refractivity contribution in [2.45, 2.75) is 181 Å². The molecule has 0 aromatic carbocycles. The minimum absolute atomic E-state index is 0.0115. The molecule has 0 heterocycles. The normalized spacial score (nSPS) is 13.7. The zero-order chi connectivity index (χ0) is 35.1. The third-order valence-electron chi connectivity index (χ3n) is 8.63. The number of rotatable bonds is 35. The number of hydrogen-bond donors (Lipinski definition) is 0. The van der Waals surface area contributed by atoms with Gasteiger partial charge < -0.3 is 27.9 Å². The molecular formula is C37H74NO8P. The predicted octanol–water partition coefficient (Wildman–Crippen LogP) is 9.44. The average Bonchev–Trinajstić information content (AvgIpc) is 3.01. The lowest BCUT2D eigenvalue weighted by molar-refractivity contribution is -0.893. The summed E-state index contributed by atoms with van der Waals surface area (Å²) in [4.78, 5) is 37.1. The van der Waals surface area contributed by atoms with E-state index >= 15 is 0 Å². The molecule has 0 N–H and O–H groups in total. The van der Waals surface area contributed by atoms with Crippen molar-refractivity contribution in [3.8, 4) is 0 Å². The number of ether oxygens (including phenoxy) is 2. The molecule has 0 aliphatic carbocycles. The van der Waals surface area contributed by atoms with Crippen LogP contribution >= 0.6 is 7.82 Å². The van der Waals surface area contributed by atoms with E-state index in [1.807, 2.05) is 14.1 Å². The lowest BCUT2D eigenvalue weighted by Crippen LogP contribution is -2.49. The third-order valence-corrected chi connectivity index (χ3v) is 9.70. The van der Waals surface area contributed by atoms with E-state index < -0.39 is 13.9 Å². The van der Waals surface area contributed by atoms with Crippen LogP contribution in [-0.4, -0.2) is 69.5 Å². The molecule has 10 heteroatoms. The average molecular weight is 692 g/mol. The first-order chi connectivity index (χ1) is 22.5. The van der Waals surface area contributed by atoms with Crippen LogP contribution in [-0.2, 0) is 32.7 Å². The Hall–Kier alpha value is -0.990. The molecule has 0 aliphatic heterocycles. The molecule has 47 heavy (non-hydrogen) atoms. The van der Waals surface area contributed by atoms with Gasteiger partial charge in [-0.1, -0.05) is 142 Å². The first-order valence-corrected chi connectivity index (χ1v) is 20.8. The molecule has 2 unspecified atom stereocenters. The van der Waals surface area contributed by atoms with Gasteiger partial charge in [0.05, 0.1) is 20.7 Å². The molecule has 0 fully saturated rings. The number of esters is 2. The van der Waals surface area contributed by atoms with Gasteiger partial charge >= 0.3 is 11.9 Å². The van der Waals surface area contributed by atoms with E-state index in [1.165, 1.54) is 103 Å². The monoisotopic (exact) mass is 692 g/mol. The van der Waals surface area contributed by atoms with Crippen LogP contribution in [0.2, 0.25) is 0 Å². The lowest BCUT2D eigenvalue weighted by atomic mass is 10.1. The summed E-state index contributed by atoms with van der Waals surface area (Å²) in [6.07, 6.45) is 26.7. The van der Waals surface area contributed by atoms with E-state index in [0.29, 0.717) is 30.4 Å². The topological polar surface area (TPSA) is 111 Å². The van der Waals surface area contributed by atoms with Gasteiger partial charge in [-0.3, -0.25) is 14.2 Å². The molecule has 0 aromatic heterocycles. The first kappa shape index (κ1) is 46.0. The Labute approximate surface area is 289 Å². The fraction of sp³-hybridized carbons (Fsp3) is 0.946. The quantitative estimate of drug-likeness (QED) is 0.0280. The van der Waals surface area contributed by atoms with Crippen molar-refractivity contribution in [1.29, 1.82) is 0 Å². The van der Waals surface area contributed by atoms with E-state index in [0.717, 1.165) is 38.5 Å². The Morgan fingerprint density at radius 3 is 1.45 bits per heavy atom. The van der Waals surface area contributed by atoms with E-state index in [2.05, 4.69) is 18.4 Å². The lowest BCUT2D eigenvalue weighted by Gasteiger charge is -2.33. The molecule has 0 amide bonds. The zero-order valence-corrected chi connectivity index (χ0v) is 32.1. The minimum atomic E-state index is -4.33. The van der Waals surface area contributed by atoms with Gasteiger partial charge in [-0.25, -0.2) is 0 Å². The predicted molar refractivity (Wildman–Crippen MR) is 190 cm³/mol. The Balaban J connectivity index is 4.55. The highest BCUT2D eigenvalue weighted by molar-refractivity contribution is 7.45. The maximum absolute atomic E-state index is 12.8. The number of unbranched alkanes of at least 4 members (excludes halogenated alkanes) is 20. The highest BCUT2D eigenvalue weighted by atomic mass is 31.2. The second-order valence-electron chi connectivity index (χ2n) is 13.9. The number of quaternary nitrogens is 1. The SMILES string of the molecule is CCCCCCCCCCCCCC(=O)OCC(C[N+](C)(C)CCOP(=O)([O-])OCC)OC(=O)CCCCCCCCCCCCC. The molecule has 0 aromatic rings. The highest BCUT2D eigenvalue weighted by Crippen LogP contribution is 2.37. The summed E-state index contributed by atoms with van der Waals surface area (Å²) in [5.74, 6) is -0.561. The third kappa shape index (κ3) is 32.0. The Morgan fingerprint density at radius 2 is 1.02 bits per heavy atom. The van der Waals surface area contributed by atoms with Crippen molar-refractivity contribution in [1.82, 2.24) is 0 Å². The maximum Gasteiger partial charge on any atom is 0.306 e. The van der Waals surface area contributed by atoms with Crippen LogP contribution in [0.15, 0.2) is 0 Å². The summed E-state index contributed by atoms with van der Waals surface area (Å²) in [6.45, 7) is 6.71. The summed E-state index contributed by atoms with van der Waals surface area (Å²) in [6, 6.07) is 0. The van der Waals surface area contributed by atoms with Gasteiger partial charge in [0.2, 0.25) is 0 Å². The van der Waals surface area contributed by atoms with Crippen LogP contribution in [0.3, 0.4) is 0 Å². The van der Waals surface area contributed by atoms with Gasteiger partial charge in [-0.15, -0.1) is 0 Å². The standard InChI is InChI=1S/C37H74NO8P/c1-6-9-11-13-15-17-19-21-23-25-27-29-36(39)43-34-35(33-38(4,5)31-32-45-47(41,42)44-8-3)46-37(40)30-28-26-24-22-20-18-16-14-12-10-7-2/h35H,6-34H2,1-5H3. The van der Waals surface area contributed by atoms with Crippen molar-refractivity contribution in [3.63, 3.8) is 0 Å². The van der Waals surface area contributed by atoms with Gasteiger partial charge in [0, 0.05) is 12.8 Å². The number of carbonyl (C=O) groups is 2. The highest BCUT2D eigenvalue weighted by Gasteiger charge is 2.27. The fourth-order valence-corrected chi connectivity index (χ4v) is 6.43. The van der Waals surface area contributed by atoms with Gasteiger partial charge in [-0.05, 0) is 19.8 Å². The number of hydrogen-bond acceptors (Lipinski definition) is 8. The second kappa shape index (κ2) is 31.0. The summed E-state index contributed by atoms with van der Waals surface area (Å²) >= 11 is 0. The molecular weight excluding hydrogens is 617 g/mol. The van der Waals surface area contributed by atoms with E-state index in [1.54, 1.807) is 6.92 Å². The van der Waals surface area contributed by atoms with E-state index in [4.69, 9.17) is 14.0 Å². The number of carbonyl (C=O) groups excluding carboxylic acids is 2. The zero-order valence-electron chi connectivity index (χ0n) is 31.2. The molecule has 0 saturated carbocycles. The Bertz CT molecular complexity index is 794. The van der Waals surface area contributed by atoms with Crippen LogP contribution in [0.25, 0.3) is 0 Å². The van der Waals surface area contributed by atoms with Crippen LogP contribution in [0.5, 0.6) is 0 Å².